The van der Waals surface area contributed by atoms with Crippen LogP contribution in [0.1, 0.15) is 40.2 Å². The number of hydrogen-bond donors (Lipinski definition) is 0. The second-order valence-electron chi connectivity index (χ2n) is 7.18. The number of amides is 1. The molecule has 0 atom stereocenters. The predicted octanol–water partition coefficient (Wildman–Crippen LogP) is 4.04. The molecule has 0 saturated carbocycles. The molecule has 1 amide bonds. The third-order valence-corrected chi connectivity index (χ3v) is 4.10. The van der Waals surface area contributed by atoms with Gasteiger partial charge in [0.05, 0.1) is 6.54 Å². The van der Waals surface area contributed by atoms with Gasteiger partial charge in [-0.3, -0.25) is 4.79 Å². The molecule has 1 aromatic heterocycles. The molecule has 0 saturated heterocycles. The van der Waals surface area contributed by atoms with E-state index in [0.29, 0.717) is 18.2 Å². The van der Waals surface area contributed by atoms with Crippen LogP contribution < -0.4 is 9.80 Å². The minimum Gasteiger partial charge on any atom is -0.341 e. The SMILES string of the molecule is CCN(CC)c1ncc(CN(C(=O)C(C)(C)C)c2ccc(F)cc2)cn1. The van der Waals surface area contributed by atoms with Crippen LogP contribution in [0.25, 0.3) is 0 Å². The molecule has 2 aromatic rings. The summed E-state index contributed by atoms with van der Waals surface area (Å²) in [7, 11) is 0. The van der Waals surface area contributed by atoms with Crippen molar-refractivity contribution in [3.05, 3.63) is 48.0 Å². The maximum atomic E-state index is 13.3. The quantitative estimate of drug-likeness (QED) is 0.782. The fourth-order valence-corrected chi connectivity index (χ4v) is 2.59. The Morgan fingerprint density at radius 3 is 2.04 bits per heavy atom. The number of carbonyl (C=O) groups excluding carboxylic acids is 1. The summed E-state index contributed by atoms with van der Waals surface area (Å²) >= 11 is 0. The first-order chi connectivity index (χ1) is 12.3. The van der Waals surface area contributed by atoms with Crippen molar-refractivity contribution in [3.8, 4) is 0 Å². The molecule has 5 nitrogen and oxygen atoms in total. The van der Waals surface area contributed by atoms with Crippen LogP contribution in [0.4, 0.5) is 16.0 Å². The van der Waals surface area contributed by atoms with Crippen LogP contribution in [0.3, 0.4) is 0 Å². The van der Waals surface area contributed by atoms with Crippen molar-refractivity contribution in [3.63, 3.8) is 0 Å². The van der Waals surface area contributed by atoms with Gasteiger partial charge in [0, 0.05) is 42.1 Å². The molecule has 2 rings (SSSR count). The lowest BCUT2D eigenvalue weighted by Crippen LogP contribution is -2.39. The maximum absolute atomic E-state index is 13.3. The molecule has 0 unspecified atom stereocenters. The highest BCUT2D eigenvalue weighted by molar-refractivity contribution is 5.96. The number of rotatable bonds is 6. The molecule has 1 aromatic carbocycles. The van der Waals surface area contributed by atoms with Gasteiger partial charge < -0.3 is 9.80 Å². The molecule has 0 aliphatic carbocycles. The molecular formula is C20H27FN4O. The van der Waals surface area contributed by atoms with E-state index >= 15 is 0 Å². The van der Waals surface area contributed by atoms with Gasteiger partial charge in [-0.05, 0) is 38.1 Å². The molecule has 0 fully saturated rings. The first-order valence-corrected chi connectivity index (χ1v) is 8.89. The Labute approximate surface area is 154 Å². The zero-order valence-electron chi connectivity index (χ0n) is 16.2. The summed E-state index contributed by atoms with van der Waals surface area (Å²) < 4.78 is 13.3. The van der Waals surface area contributed by atoms with E-state index in [1.807, 2.05) is 20.8 Å². The second kappa shape index (κ2) is 8.25. The van der Waals surface area contributed by atoms with Gasteiger partial charge >= 0.3 is 0 Å². The summed E-state index contributed by atoms with van der Waals surface area (Å²) in [6.07, 6.45) is 3.49. The zero-order chi connectivity index (χ0) is 19.3. The van der Waals surface area contributed by atoms with E-state index in [1.54, 1.807) is 29.4 Å². The van der Waals surface area contributed by atoms with Gasteiger partial charge in [0.2, 0.25) is 11.9 Å². The molecule has 6 heteroatoms. The van der Waals surface area contributed by atoms with E-state index in [1.165, 1.54) is 12.1 Å². The van der Waals surface area contributed by atoms with E-state index < -0.39 is 5.41 Å². The van der Waals surface area contributed by atoms with Gasteiger partial charge in [-0.25, -0.2) is 14.4 Å². The Morgan fingerprint density at radius 1 is 1.04 bits per heavy atom. The van der Waals surface area contributed by atoms with E-state index in [2.05, 4.69) is 28.7 Å². The van der Waals surface area contributed by atoms with E-state index in [9.17, 15) is 9.18 Å². The average molecular weight is 358 g/mol. The first-order valence-electron chi connectivity index (χ1n) is 8.89. The lowest BCUT2D eigenvalue weighted by atomic mass is 9.94. The first kappa shape index (κ1) is 19.8. The van der Waals surface area contributed by atoms with Crippen molar-refractivity contribution in [2.24, 2.45) is 5.41 Å². The molecule has 0 spiro atoms. The van der Waals surface area contributed by atoms with Gasteiger partial charge in [0.25, 0.3) is 0 Å². The monoisotopic (exact) mass is 358 g/mol. The number of carbonyl (C=O) groups is 1. The van der Waals surface area contributed by atoms with Crippen LogP contribution >= 0.6 is 0 Å². The lowest BCUT2D eigenvalue weighted by molar-refractivity contribution is -0.125. The summed E-state index contributed by atoms with van der Waals surface area (Å²) in [4.78, 5) is 25.5. The average Bonchev–Trinajstić information content (AvgIpc) is 2.61. The smallest absolute Gasteiger partial charge is 0.232 e. The molecule has 0 N–H and O–H groups in total. The van der Waals surface area contributed by atoms with Crippen LogP contribution in [-0.4, -0.2) is 29.0 Å². The Morgan fingerprint density at radius 2 is 1.58 bits per heavy atom. The van der Waals surface area contributed by atoms with E-state index in [-0.39, 0.29) is 11.7 Å². The Balaban J connectivity index is 2.29. The van der Waals surface area contributed by atoms with Gasteiger partial charge in [0.15, 0.2) is 0 Å². The highest BCUT2D eigenvalue weighted by atomic mass is 19.1. The summed E-state index contributed by atoms with van der Waals surface area (Å²) in [5, 5.41) is 0. The number of benzene rings is 1. The van der Waals surface area contributed by atoms with Gasteiger partial charge in [-0.2, -0.15) is 0 Å². The van der Waals surface area contributed by atoms with Crippen molar-refractivity contribution in [1.82, 2.24) is 9.97 Å². The van der Waals surface area contributed by atoms with Crippen molar-refractivity contribution >= 4 is 17.5 Å². The molecule has 0 aliphatic rings. The molecule has 26 heavy (non-hydrogen) atoms. The van der Waals surface area contributed by atoms with E-state index in [0.717, 1.165) is 18.7 Å². The van der Waals surface area contributed by atoms with E-state index in [4.69, 9.17) is 0 Å². The van der Waals surface area contributed by atoms with Crippen LogP contribution in [0.2, 0.25) is 0 Å². The Hall–Kier alpha value is -2.50. The van der Waals surface area contributed by atoms with Crippen LogP contribution in [0.5, 0.6) is 0 Å². The Kier molecular flexibility index (Phi) is 6.29. The van der Waals surface area contributed by atoms with Crippen LogP contribution in [-0.2, 0) is 11.3 Å². The summed E-state index contributed by atoms with van der Waals surface area (Å²) in [6, 6.07) is 5.95. The molecule has 140 valence electrons. The molecule has 1 heterocycles. The van der Waals surface area contributed by atoms with Crippen LogP contribution in [0, 0.1) is 11.2 Å². The highest BCUT2D eigenvalue weighted by Crippen LogP contribution is 2.25. The van der Waals surface area contributed by atoms with Gasteiger partial charge in [-0.15, -0.1) is 0 Å². The minimum absolute atomic E-state index is 0.0445. The van der Waals surface area contributed by atoms with Crippen LogP contribution in [0.15, 0.2) is 36.7 Å². The summed E-state index contributed by atoms with van der Waals surface area (Å²) in [5.41, 5.74) is 0.915. The predicted molar refractivity (Wildman–Crippen MR) is 103 cm³/mol. The lowest BCUT2D eigenvalue weighted by Gasteiger charge is -2.29. The summed E-state index contributed by atoms with van der Waals surface area (Å²) in [6.45, 7) is 11.7. The minimum atomic E-state index is -0.559. The number of hydrogen-bond acceptors (Lipinski definition) is 4. The molecular weight excluding hydrogens is 331 g/mol. The second-order valence-corrected chi connectivity index (χ2v) is 7.18. The molecule has 0 bridgehead atoms. The van der Waals surface area contributed by atoms with Gasteiger partial charge in [-0.1, -0.05) is 20.8 Å². The zero-order valence-corrected chi connectivity index (χ0v) is 16.2. The third-order valence-electron chi connectivity index (χ3n) is 4.10. The summed E-state index contributed by atoms with van der Waals surface area (Å²) in [5.74, 6) is 0.301. The number of anilines is 2. The van der Waals surface area contributed by atoms with Crippen molar-refractivity contribution in [2.45, 2.75) is 41.2 Å². The fraction of sp³-hybridized carbons (Fsp3) is 0.450. The molecule has 0 radical (unpaired) electrons. The molecule has 0 aliphatic heterocycles. The number of nitrogens with zero attached hydrogens (tertiary/aromatic N) is 4. The standard InChI is InChI=1S/C20H27FN4O/c1-6-24(7-2)19-22-12-15(13-23-19)14-25(18(26)20(3,4)5)17-10-8-16(21)9-11-17/h8-13H,6-7,14H2,1-5H3. The fourth-order valence-electron chi connectivity index (χ4n) is 2.59. The van der Waals surface area contributed by atoms with Crippen molar-refractivity contribution in [2.75, 3.05) is 22.9 Å². The van der Waals surface area contributed by atoms with Crippen molar-refractivity contribution < 1.29 is 9.18 Å². The Bertz CT molecular complexity index is 719. The number of halogens is 1. The largest absolute Gasteiger partial charge is 0.341 e. The maximum Gasteiger partial charge on any atom is 0.232 e. The third kappa shape index (κ3) is 4.77. The van der Waals surface area contributed by atoms with Crippen molar-refractivity contribution in [1.29, 1.82) is 0 Å². The number of aromatic nitrogens is 2. The topological polar surface area (TPSA) is 49.3 Å². The highest BCUT2D eigenvalue weighted by Gasteiger charge is 2.28. The normalized spacial score (nSPS) is 11.3. The van der Waals surface area contributed by atoms with Gasteiger partial charge in [0.1, 0.15) is 5.82 Å².